The summed E-state index contributed by atoms with van der Waals surface area (Å²) in [7, 11) is -3.96. The number of amides is 4. The van der Waals surface area contributed by atoms with Gasteiger partial charge in [-0.25, -0.2) is 27.3 Å². The maximum Gasteiger partial charge on any atom is 0.337 e. The molecule has 3 aliphatic rings. The Hall–Kier alpha value is -4.26. The lowest BCUT2D eigenvalue weighted by molar-refractivity contribution is 0.0917. The lowest BCUT2D eigenvalue weighted by atomic mass is 9.93. The SMILES string of the molecule is CC1=C(C#N)[C@@H](c2ccc(C#N)cc2S(C)(=O)=O)N(C(=O)N2CCN(C3CCCC3)CC2)C(=O)N1c1cccc(CF)c1. The maximum absolute atomic E-state index is 14.4. The van der Waals surface area contributed by atoms with Crippen LogP contribution in [0.5, 0.6) is 0 Å². The Kier molecular flexibility index (Phi) is 8.54. The van der Waals surface area contributed by atoms with E-state index in [0.717, 1.165) is 24.0 Å². The van der Waals surface area contributed by atoms with Crippen LogP contribution in [0.25, 0.3) is 0 Å². The van der Waals surface area contributed by atoms with Crippen molar-refractivity contribution in [3.05, 3.63) is 70.4 Å². The molecule has 1 saturated carbocycles. The van der Waals surface area contributed by atoms with E-state index in [4.69, 9.17) is 0 Å². The third-order valence-electron chi connectivity index (χ3n) is 8.57. The summed E-state index contributed by atoms with van der Waals surface area (Å²) in [6, 6.07) is 11.9. The second kappa shape index (κ2) is 12.2. The molecule has 2 aromatic rings. The highest BCUT2D eigenvalue weighted by atomic mass is 32.2. The number of anilines is 1. The average Bonchev–Trinajstić information content (AvgIpc) is 3.55. The van der Waals surface area contributed by atoms with Gasteiger partial charge in [0.25, 0.3) is 0 Å². The minimum atomic E-state index is -3.96. The first-order chi connectivity index (χ1) is 20.6. The number of piperazine rings is 1. The molecule has 224 valence electrons. The molecular formula is C31H33FN6O4S. The number of carbonyl (C=O) groups is 2. The van der Waals surface area contributed by atoms with E-state index in [9.17, 15) is 32.9 Å². The molecule has 12 heteroatoms. The van der Waals surface area contributed by atoms with Crippen LogP contribution < -0.4 is 4.90 Å². The Morgan fingerprint density at radius 3 is 2.33 bits per heavy atom. The molecule has 0 spiro atoms. The molecule has 0 radical (unpaired) electrons. The number of rotatable bonds is 5. The van der Waals surface area contributed by atoms with Gasteiger partial charge in [-0.05, 0) is 55.2 Å². The molecule has 2 aliphatic heterocycles. The van der Waals surface area contributed by atoms with E-state index in [0.29, 0.717) is 37.8 Å². The second-order valence-corrected chi connectivity index (χ2v) is 13.2. The van der Waals surface area contributed by atoms with Crippen LogP contribution in [-0.2, 0) is 16.5 Å². The average molecular weight is 605 g/mol. The zero-order chi connectivity index (χ0) is 30.9. The number of nitriles is 2. The molecule has 0 bridgehead atoms. The highest BCUT2D eigenvalue weighted by Crippen LogP contribution is 2.42. The van der Waals surface area contributed by atoms with Gasteiger partial charge < -0.3 is 4.90 Å². The lowest BCUT2D eigenvalue weighted by Gasteiger charge is -2.44. The number of nitrogens with zero attached hydrogens (tertiary/aromatic N) is 6. The molecule has 2 aromatic carbocycles. The van der Waals surface area contributed by atoms with Gasteiger partial charge in [-0.2, -0.15) is 10.5 Å². The van der Waals surface area contributed by atoms with Crippen molar-refractivity contribution in [1.82, 2.24) is 14.7 Å². The number of urea groups is 2. The topological polar surface area (TPSA) is 129 Å². The fraction of sp³-hybridized carbons (Fsp3) is 0.419. The summed E-state index contributed by atoms with van der Waals surface area (Å²) in [5.74, 6) is 0. The first-order valence-corrected chi connectivity index (χ1v) is 16.1. The lowest BCUT2D eigenvalue weighted by Crippen LogP contribution is -2.59. The number of carbonyl (C=O) groups excluding carboxylic acids is 2. The number of halogens is 1. The van der Waals surface area contributed by atoms with Crippen molar-refractivity contribution >= 4 is 27.6 Å². The van der Waals surface area contributed by atoms with Crippen LogP contribution in [0.15, 0.2) is 58.6 Å². The Balaban J connectivity index is 1.64. The number of alkyl halides is 1. The van der Waals surface area contributed by atoms with Crippen LogP contribution in [0.4, 0.5) is 19.7 Å². The first-order valence-electron chi connectivity index (χ1n) is 14.2. The fourth-order valence-corrected chi connectivity index (χ4v) is 7.32. The zero-order valence-electron chi connectivity index (χ0n) is 24.2. The molecule has 2 heterocycles. The third kappa shape index (κ3) is 5.73. The summed E-state index contributed by atoms with van der Waals surface area (Å²) in [6.45, 7) is 2.76. The van der Waals surface area contributed by atoms with E-state index in [1.54, 1.807) is 23.1 Å². The number of allylic oxidation sites excluding steroid dienone is 1. The third-order valence-corrected chi connectivity index (χ3v) is 9.72. The smallest absolute Gasteiger partial charge is 0.322 e. The second-order valence-electron chi connectivity index (χ2n) is 11.2. The number of hydrogen-bond acceptors (Lipinski definition) is 7. The van der Waals surface area contributed by atoms with Crippen molar-refractivity contribution in [3.8, 4) is 12.1 Å². The molecule has 0 unspecified atom stereocenters. The highest BCUT2D eigenvalue weighted by Gasteiger charge is 2.46. The van der Waals surface area contributed by atoms with Gasteiger partial charge in [-0.15, -0.1) is 0 Å². The van der Waals surface area contributed by atoms with Crippen LogP contribution in [-0.4, -0.2) is 73.7 Å². The monoisotopic (exact) mass is 604 g/mol. The molecule has 5 rings (SSSR count). The number of imide groups is 1. The van der Waals surface area contributed by atoms with E-state index in [1.165, 1.54) is 48.9 Å². The summed E-state index contributed by atoms with van der Waals surface area (Å²) < 4.78 is 39.5. The minimum absolute atomic E-state index is 0.0159. The van der Waals surface area contributed by atoms with Crippen LogP contribution in [0, 0.1) is 22.7 Å². The summed E-state index contributed by atoms with van der Waals surface area (Å²) in [5, 5.41) is 19.9. The zero-order valence-corrected chi connectivity index (χ0v) is 25.0. The largest absolute Gasteiger partial charge is 0.337 e. The van der Waals surface area contributed by atoms with Crippen LogP contribution in [0.1, 0.15) is 55.3 Å². The normalized spacial score (nSPS) is 20.3. The molecule has 1 aliphatic carbocycles. The van der Waals surface area contributed by atoms with Crippen molar-refractivity contribution in [2.24, 2.45) is 0 Å². The van der Waals surface area contributed by atoms with E-state index >= 15 is 0 Å². The molecule has 43 heavy (non-hydrogen) atoms. The Bertz CT molecular complexity index is 1660. The quantitative estimate of drug-likeness (QED) is 0.475. The number of hydrogen-bond donors (Lipinski definition) is 0. The molecule has 2 fully saturated rings. The van der Waals surface area contributed by atoms with Gasteiger partial charge in [-0.1, -0.05) is 31.0 Å². The van der Waals surface area contributed by atoms with Crippen LogP contribution >= 0.6 is 0 Å². The molecule has 1 atom stereocenters. The fourth-order valence-electron chi connectivity index (χ4n) is 6.37. The van der Waals surface area contributed by atoms with Gasteiger partial charge in [0.1, 0.15) is 12.7 Å². The van der Waals surface area contributed by atoms with E-state index in [2.05, 4.69) is 11.0 Å². The van der Waals surface area contributed by atoms with Gasteiger partial charge >= 0.3 is 12.1 Å². The molecule has 4 amide bonds. The molecular weight excluding hydrogens is 571 g/mol. The molecule has 0 aromatic heterocycles. The van der Waals surface area contributed by atoms with E-state index < -0.39 is 34.6 Å². The standard InChI is InChI=1S/C31H33FN6O4S/c1-21-27(20-34)29(26-11-10-23(19-33)17-28(26)43(2,41)42)38(31(40)37(21)25-9-5-6-22(16-25)18-32)30(39)36-14-12-35(13-15-36)24-7-3-4-8-24/h5-6,9-11,16-17,24,29H,3-4,7-8,12-15,18H2,1-2H3/t29-/m1/s1. The summed E-state index contributed by atoms with van der Waals surface area (Å²) in [4.78, 5) is 34.5. The molecule has 1 saturated heterocycles. The molecule has 10 nitrogen and oxygen atoms in total. The van der Waals surface area contributed by atoms with Gasteiger partial charge in [0.2, 0.25) is 0 Å². The first kappa shape index (κ1) is 30.2. The Labute approximate surface area is 251 Å². The van der Waals surface area contributed by atoms with Crippen molar-refractivity contribution < 1.29 is 22.4 Å². The number of benzene rings is 2. The summed E-state index contributed by atoms with van der Waals surface area (Å²) in [5.41, 5.74) is 0.879. The minimum Gasteiger partial charge on any atom is -0.322 e. The van der Waals surface area contributed by atoms with Crippen molar-refractivity contribution in [2.45, 2.75) is 56.3 Å². The van der Waals surface area contributed by atoms with E-state index in [-0.39, 0.29) is 33.0 Å². The maximum atomic E-state index is 14.4. The van der Waals surface area contributed by atoms with Gasteiger partial charge in [-0.3, -0.25) is 9.80 Å². The van der Waals surface area contributed by atoms with Crippen LogP contribution in [0.3, 0.4) is 0 Å². The van der Waals surface area contributed by atoms with Gasteiger partial charge in [0.05, 0.1) is 33.9 Å². The van der Waals surface area contributed by atoms with Crippen LogP contribution in [0.2, 0.25) is 0 Å². The predicted octanol–water partition coefficient (Wildman–Crippen LogP) is 4.89. The highest BCUT2D eigenvalue weighted by molar-refractivity contribution is 7.90. The summed E-state index contributed by atoms with van der Waals surface area (Å²) in [6.07, 6.45) is 5.59. The van der Waals surface area contributed by atoms with Crippen molar-refractivity contribution in [2.75, 3.05) is 37.3 Å². The van der Waals surface area contributed by atoms with E-state index in [1.807, 2.05) is 6.07 Å². The Morgan fingerprint density at radius 1 is 1.02 bits per heavy atom. The van der Waals surface area contributed by atoms with Gasteiger partial charge in [0, 0.05) is 44.2 Å². The predicted molar refractivity (Wildman–Crippen MR) is 157 cm³/mol. The van der Waals surface area contributed by atoms with Crippen molar-refractivity contribution in [3.63, 3.8) is 0 Å². The molecule has 0 N–H and O–H groups in total. The summed E-state index contributed by atoms with van der Waals surface area (Å²) >= 11 is 0. The Morgan fingerprint density at radius 2 is 1.72 bits per heavy atom. The number of sulfone groups is 1. The van der Waals surface area contributed by atoms with Gasteiger partial charge in [0.15, 0.2) is 9.84 Å². The van der Waals surface area contributed by atoms with Crippen molar-refractivity contribution in [1.29, 1.82) is 10.5 Å².